The van der Waals surface area contributed by atoms with Gasteiger partial charge in [-0.25, -0.2) is 4.63 Å². The smallest absolute Gasteiger partial charge is 0.157 e. The predicted octanol–water partition coefficient (Wildman–Crippen LogP) is 1.25. The number of hydrogen-bond acceptors (Lipinski definition) is 7. The maximum Gasteiger partial charge on any atom is 0.157 e. The third-order valence-electron chi connectivity index (χ3n) is 4.52. The molecule has 0 aliphatic carbocycles. The van der Waals surface area contributed by atoms with Crippen molar-refractivity contribution in [1.82, 2.24) is 25.0 Å². The van der Waals surface area contributed by atoms with E-state index in [-0.39, 0.29) is 6.10 Å². The van der Waals surface area contributed by atoms with E-state index in [0.717, 1.165) is 11.4 Å². The first-order valence-electron chi connectivity index (χ1n) is 8.59. The van der Waals surface area contributed by atoms with E-state index in [2.05, 4.69) is 32.4 Å². The van der Waals surface area contributed by atoms with Gasteiger partial charge in [0.05, 0.1) is 18.9 Å². The average Bonchev–Trinajstić information content (AvgIpc) is 3.32. The van der Waals surface area contributed by atoms with E-state index in [1.807, 2.05) is 36.0 Å². The molecule has 0 unspecified atom stereocenters. The number of aromatic nitrogens is 4. The van der Waals surface area contributed by atoms with Crippen molar-refractivity contribution in [1.29, 1.82) is 0 Å². The number of likely N-dealkylation sites (tertiary alicyclic amines) is 1. The Morgan fingerprint density at radius 3 is 2.81 bits per heavy atom. The fourth-order valence-electron chi connectivity index (χ4n) is 3.12. The molecule has 1 saturated heterocycles. The van der Waals surface area contributed by atoms with E-state index in [4.69, 9.17) is 9.37 Å². The molecule has 8 nitrogen and oxygen atoms in total. The summed E-state index contributed by atoms with van der Waals surface area (Å²) in [6.45, 7) is 4.25. The van der Waals surface area contributed by atoms with Gasteiger partial charge in [0.15, 0.2) is 5.75 Å². The Balaban J connectivity index is 1.35. The largest absolute Gasteiger partial charge is 0.483 e. The highest BCUT2D eigenvalue weighted by molar-refractivity contribution is 5.18. The average molecular weight is 355 g/mol. The van der Waals surface area contributed by atoms with Crippen LogP contribution in [-0.2, 0) is 13.1 Å². The van der Waals surface area contributed by atoms with Crippen molar-refractivity contribution in [2.45, 2.75) is 32.2 Å². The van der Waals surface area contributed by atoms with Gasteiger partial charge in [0.2, 0.25) is 0 Å². The first-order valence-corrected chi connectivity index (χ1v) is 8.59. The van der Waals surface area contributed by atoms with E-state index in [1.165, 1.54) is 5.56 Å². The van der Waals surface area contributed by atoms with Crippen molar-refractivity contribution >= 4 is 0 Å². The van der Waals surface area contributed by atoms with Crippen LogP contribution in [0.3, 0.4) is 0 Å². The summed E-state index contributed by atoms with van der Waals surface area (Å²) in [5.41, 5.74) is 2.73. The molecule has 0 spiro atoms. The number of ether oxygens (including phenoxy) is 1. The molecule has 1 aromatic carbocycles. The molecular formula is C18H21N5O3. The minimum Gasteiger partial charge on any atom is -0.483 e. The monoisotopic (exact) mass is 355 g/mol. The molecule has 1 fully saturated rings. The van der Waals surface area contributed by atoms with Crippen LogP contribution in [0.5, 0.6) is 5.75 Å². The summed E-state index contributed by atoms with van der Waals surface area (Å²) in [7, 11) is 0. The number of nitrogens with zero attached hydrogens (tertiary/aromatic N) is 5. The van der Waals surface area contributed by atoms with Crippen LogP contribution in [0.4, 0.5) is 0 Å². The van der Waals surface area contributed by atoms with Crippen LogP contribution in [0.15, 0.2) is 47.4 Å². The summed E-state index contributed by atoms with van der Waals surface area (Å²) in [6.07, 6.45) is 2.68. The van der Waals surface area contributed by atoms with E-state index in [0.29, 0.717) is 31.9 Å². The molecule has 3 heterocycles. The molecule has 0 bridgehead atoms. The minimum atomic E-state index is -0.562. The molecule has 26 heavy (non-hydrogen) atoms. The number of β-amino-alcohol motifs (C(OH)–C–C–N with tert-alkyl or cyclic N) is 1. The molecule has 136 valence electrons. The van der Waals surface area contributed by atoms with E-state index in [1.54, 1.807) is 6.20 Å². The highest BCUT2D eigenvalue weighted by Gasteiger charge is 2.34. The van der Waals surface area contributed by atoms with Gasteiger partial charge in [-0.3, -0.25) is 9.58 Å². The number of aliphatic hydroxyl groups is 1. The number of aliphatic hydroxyl groups excluding tert-OH is 1. The van der Waals surface area contributed by atoms with Gasteiger partial charge in [0.25, 0.3) is 0 Å². The van der Waals surface area contributed by atoms with Gasteiger partial charge in [-0.15, -0.1) is 0 Å². The van der Waals surface area contributed by atoms with Crippen LogP contribution in [0.2, 0.25) is 0 Å². The first kappa shape index (κ1) is 16.7. The Kier molecular flexibility index (Phi) is 4.68. The number of hydrogen-bond donors (Lipinski definition) is 1. The second kappa shape index (κ2) is 7.27. The molecule has 8 heteroatoms. The Morgan fingerprint density at radius 2 is 2.04 bits per heavy atom. The molecule has 3 aromatic rings. The fourth-order valence-corrected chi connectivity index (χ4v) is 3.12. The van der Waals surface area contributed by atoms with Crippen molar-refractivity contribution in [3.05, 3.63) is 59.7 Å². The molecule has 2 atom stereocenters. The molecule has 0 amide bonds. The number of aryl methyl sites for hydroxylation is 1. The third-order valence-corrected chi connectivity index (χ3v) is 4.52. The summed E-state index contributed by atoms with van der Waals surface area (Å²) in [5.74, 6) is 0.658. The second-order valence-corrected chi connectivity index (χ2v) is 6.57. The Hall–Kier alpha value is -2.71. The first-order chi connectivity index (χ1) is 12.7. The maximum absolute atomic E-state index is 10.3. The Labute approximate surface area is 151 Å². The molecule has 2 aromatic heterocycles. The lowest BCUT2D eigenvalue weighted by Crippen LogP contribution is -2.29. The van der Waals surface area contributed by atoms with E-state index < -0.39 is 6.10 Å². The topological polar surface area (TPSA) is 89.4 Å². The fraction of sp³-hybridized carbons (Fsp3) is 0.389. The zero-order valence-electron chi connectivity index (χ0n) is 14.5. The normalized spacial score (nSPS) is 20.5. The molecule has 1 N–H and O–H groups in total. The Morgan fingerprint density at radius 1 is 1.19 bits per heavy atom. The minimum absolute atomic E-state index is 0.301. The summed E-state index contributed by atoms with van der Waals surface area (Å²) in [6, 6.07) is 10.1. The van der Waals surface area contributed by atoms with Gasteiger partial charge in [-0.2, -0.15) is 5.10 Å². The second-order valence-electron chi connectivity index (χ2n) is 6.57. The highest BCUT2D eigenvalue weighted by Crippen LogP contribution is 2.20. The lowest BCUT2D eigenvalue weighted by Gasteiger charge is -2.15. The van der Waals surface area contributed by atoms with Gasteiger partial charge >= 0.3 is 0 Å². The molecule has 0 saturated carbocycles. The predicted molar refractivity (Wildman–Crippen MR) is 92.5 cm³/mol. The molecule has 1 aliphatic rings. The van der Waals surface area contributed by atoms with Crippen LogP contribution in [-0.4, -0.2) is 55.4 Å². The SMILES string of the molecule is Cc1nonc1CN1C[C@@H](O)[C@H](Oc2cnn(Cc3ccccc3)c2)C1. The zero-order valence-corrected chi connectivity index (χ0v) is 14.5. The Bertz CT molecular complexity index is 847. The molecule has 1 aliphatic heterocycles. The lowest BCUT2D eigenvalue weighted by atomic mass is 10.2. The van der Waals surface area contributed by atoms with E-state index in [9.17, 15) is 5.11 Å². The summed E-state index contributed by atoms with van der Waals surface area (Å²) in [4.78, 5) is 2.08. The van der Waals surface area contributed by atoms with Crippen LogP contribution < -0.4 is 4.74 Å². The lowest BCUT2D eigenvalue weighted by molar-refractivity contribution is 0.0736. The van der Waals surface area contributed by atoms with Crippen molar-refractivity contribution in [3.8, 4) is 5.75 Å². The van der Waals surface area contributed by atoms with Crippen molar-refractivity contribution < 1.29 is 14.5 Å². The summed E-state index contributed by atoms with van der Waals surface area (Å²) >= 11 is 0. The van der Waals surface area contributed by atoms with Crippen LogP contribution in [0, 0.1) is 6.92 Å². The van der Waals surface area contributed by atoms with Gasteiger partial charge < -0.3 is 9.84 Å². The molecule has 0 radical (unpaired) electrons. The quantitative estimate of drug-likeness (QED) is 0.712. The van der Waals surface area contributed by atoms with Gasteiger partial charge in [-0.1, -0.05) is 40.6 Å². The van der Waals surface area contributed by atoms with Crippen LogP contribution >= 0.6 is 0 Å². The standard InChI is InChI=1S/C18H21N5O3/c1-13-16(21-26-20-13)10-22-11-17(24)18(12-22)25-15-7-19-23(9-15)8-14-5-3-2-4-6-14/h2-7,9,17-18,24H,8,10-12H2,1H3/t17-,18-/m1/s1. The van der Waals surface area contributed by atoms with Crippen LogP contribution in [0.25, 0.3) is 0 Å². The number of rotatable bonds is 6. The highest BCUT2D eigenvalue weighted by atomic mass is 16.6. The van der Waals surface area contributed by atoms with E-state index >= 15 is 0 Å². The number of benzene rings is 1. The summed E-state index contributed by atoms with van der Waals surface area (Å²) in [5, 5.41) is 22.3. The van der Waals surface area contributed by atoms with Gasteiger partial charge in [0.1, 0.15) is 23.6 Å². The van der Waals surface area contributed by atoms with Crippen molar-refractivity contribution in [2.24, 2.45) is 0 Å². The zero-order chi connectivity index (χ0) is 17.9. The van der Waals surface area contributed by atoms with Gasteiger partial charge in [-0.05, 0) is 12.5 Å². The molecule has 4 rings (SSSR count). The molecular weight excluding hydrogens is 334 g/mol. The summed E-state index contributed by atoms with van der Waals surface area (Å²) < 4.78 is 12.5. The van der Waals surface area contributed by atoms with Crippen molar-refractivity contribution in [3.63, 3.8) is 0 Å². The van der Waals surface area contributed by atoms with Crippen molar-refractivity contribution in [2.75, 3.05) is 13.1 Å². The third kappa shape index (κ3) is 3.76. The maximum atomic E-state index is 10.3. The van der Waals surface area contributed by atoms with Gasteiger partial charge in [0, 0.05) is 19.6 Å². The van der Waals surface area contributed by atoms with Crippen LogP contribution in [0.1, 0.15) is 17.0 Å².